The minimum absolute atomic E-state index is 0.116. The van der Waals surface area contributed by atoms with Crippen molar-refractivity contribution in [1.29, 1.82) is 0 Å². The maximum absolute atomic E-state index is 13.5. The van der Waals surface area contributed by atoms with Crippen LogP contribution in [0.5, 0.6) is 5.75 Å². The van der Waals surface area contributed by atoms with Crippen LogP contribution >= 0.6 is 11.8 Å². The highest BCUT2D eigenvalue weighted by atomic mass is 32.2. The minimum Gasteiger partial charge on any atom is -0.489 e. The van der Waals surface area contributed by atoms with Crippen molar-refractivity contribution in [2.24, 2.45) is 5.10 Å². The van der Waals surface area contributed by atoms with Crippen LogP contribution in [-0.4, -0.2) is 44.7 Å². The van der Waals surface area contributed by atoms with E-state index in [0.717, 1.165) is 38.3 Å². The number of aryl methyl sites for hydroxylation is 2. The second-order valence-corrected chi connectivity index (χ2v) is 11.2. The smallest absolute Gasteiger partial charge is 0.264 e. The molecule has 7 nitrogen and oxygen atoms in total. The van der Waals surface area contributed by atoms with Gasteiger partial charge in [-0.25, -0.2) is 13.8 Å². The lowest BCUT2D eigenvalue weighted by molar-refractivity contribution is -0.119. The van der Waals surface area contributed by atoms with E-state index in [-0.39, 0.29) is 11.0 Å². The summed E-state index contributed by atoms with van der Waals surface area (Å²) >= 11 is 1.86. The molecule has 1 aliphatic heterocycles. The molecule has 0 atom stereocenters. The molecular formula is C26H27N3O4S2. The number of thioether (sulfide) groups is 1. The maximum Gasteiger partial charge on any atom is 0.264 e. The Kier molecular flexibility index (Phi) is 7.77. The molecule has 0 aromatic heterocycles. The predicted molar refractivity (Wildman–Crippen MR) is 141 cm³/mol. The van der Waals surface area contributed by atoms with Crippen molar-refractivity contribution in [2.45, 2.75) is 24.8 Å². The molecule has 182 valence electrons. The van der Waals surface area contributed by atoms with Gasteiger partial charge in [0.05, 0.1) is 16.8 Å². The first kappa shape index (κ1) is 24.8. The number of rotatable bonds is 9. The summed E-state index contributed by atoms with van der Waals surface area (Å²) in [6.07, 6.45) is 1.78. The Morgan fingerprint density at radius 1 is 1.06 bits per heavy atom. The van der Waals surface area contributed by atoms with Crippen LogP contribution in [0, 0.1) is 13.8 Å². The quantitative estimate of drug-likeness (QED) is 0.346. The highest BCUT2D eigenvalue weighted by molar-refractivity contribution is 8.00. The fourth-order valence-electron chi connectivity index (χ4n) is 3.43. The Morgan fingerprint density at radius 2 is 1.74 bits per heavy atom. The van der Waals surface area contributed by atoms with Crippen LogP contribution in [0.25, 0.3) is 0 Å². The van der Waals surface area contributed by atoms with Crippen LogP contribution in [0.3, 0.4) is 0 Å². The molecule has 9 heteroatoms. The number of carbonyl (C=O) groups excluding carboxylic acids is 1. The standard InChI is InChI=1S/C26H27N3O4S2/c1-19-7-13-24(14-8-19)35(31,32)29(25-6-4-3-5-20(25)2)16-26(30)28-27-15-21-9-11-22(12-10-21)33-23-17-34-18-23/h3-15,23H,16-18H2,1-2H3,(H,28,30). The average molecular weight is 510 g/mol. The lowest BCUT2D eigenvalue weighted by atomic mass is 10.2. The first-order valence-electron chi connectivity index (χ1n) is 11.1. The lowest BCUT2D eigenvalue weighted by Crippen LogP contribution is -2.40. The number of carbonyl (C=O) groups is 1. The van der Waals surface area contributed by atoms with Crippen LogP contribution < -0.4 is 14.5 Å². The minimum atomic E-state index is -3.97. The van der Waals surface area contributed by atoms with E-state index in [0.29, 0.717) is 5.69 Å². The third-order valence-corrected chi connectivity index (χ3v) is 8.46. The second-order valence-electron chi connectivity index (χ2n) is 8.25. The van der Waals surface area contributed by atoms with Gasteiger partial charge in [-0.3, -0.25) is 9.10 Å². The van der Waals surface area contributed by atoms with Crippen LogP contribution in [0.1, 0.15) is 16.7 Å². The Bertz CT molecular complexity index is 1300. The van der Waals surface area contributed by atoms with Gasteiger partial charge >= 0.3 is 0 Å². The summed E-state index contributed by atoms with van der Waals surface area (Å²) < 4.78 is 33.8. The third-order valence-electron chi connectivity index (χ3n) is 5.47. The zero-order chi connectivity index (χ0) is 24.8. The molecule has 0 radical (unpaired) electrons. The van der Waals surface area contributed by atoms with E-state index in [1.54, 1.807) is 49.4 Å². The molecule has 1 amide bonds. The first-order chi connectivity index (χ1) is 16.8. The van der Waals surface area contributed by atoms with Gasteiger partial charge in [0.25, 0.3) is 15.9 Å². The van der Waals surface area contributed by atoms with Gasteiger partial charge in [0.2, 0.25) is 0 Å². The summed E-state index contributed by atoms with van der Waals surface area (Å²) in [7, 11) is -3.97. The Morgan fingerprint density at radius 3 is 2.37 bits per heavy atom. The van der Waals surface area contributed by atoms with Crippen molar-refractivity contribution in [3.8, 4) is 5.75 Å². The van der Waals surface area contributed by atoms with Crippen molar-refractivity contribution in [3.63, 3.8) is 0 Å². The van der Waals surface area contributed by atoms with Crippen LogP contribution in [0.4, 0.5) is 5.69 Å². The third kappa shape index (κ3) is 6.23. The molecule has 3 aromatic rings. The Hall–Kier alpha value is -3.30. The molecule has 1 fully saturated rings. The van der Waals surface area contributed by atoms with E-state index in [1.165, 1.54) is 6.21 Å². The van der Waals surface area contributed by atoms with Crippen LogP contribution in [-0.2, 0) is 14.8 Å². The van der Waals surface area contributed by atoms with Crippen molar-refractivity contribution >= 4 is 39.6 Å². The van der Waals surface area contributed by atoms with Crippen LogP contribution in [0.2, 0.25) is 0 Å². The molecule has 0 saturated carbocycles. The lowest BCUT2D eigenvalue weighted by Gasteiger charge is -2.25. The summed E-state index contributed by atoms with van der Waals surface area (Å²) in [6.45, 7) is 3.28. The van der Waals surface area contributed by atoms with E-state index in [4.69, 9.17) is 4.74 Å². The number of hydrogen-bond acceptors (Lipinski definition) is 6. The molecule has 1 saturated heterocycles. The number of hydrazone groups is 1. The number of amides is 1. The molecule has 1 aliphatic rings. The molecule has 1 N–H and O–H groups in total. The second kappa shape index (κ2) is 11.0. The van der Waals surface area contributed by atoms with E-state index >= 15 is 0 Å². The van der Waals surface area contributed by atoms with Gasteiger partial charge in [0.1, 0.15) is 18.4 Å². The molecule has 3 aromatic carbocycles. The van der Waals surface area contributed by atoms with E-state index in [9.17, 15) is 13.2 Å². The van der Waals surface area contributed by atoms with Crippen molar-refractivity contribution in [1.82, 2.24) is 5.43 Å². The van der Waals surface area contributed by atoms with Crippen molar-refractivity contribution < 1.29 is 17.9 Å². The zero-order valence-corrected chi connectivity index (χ0v) is 21.2. The monoisotopic (exact) mass is 509 g/mol. The topological polar surface area (TPSA) is 88.1 Å². The molecule has 0 bridgehead atoms. The molecule has 1 heterocycles. The largest absolute Gasteiger partial charge is 0.489 e. The van der Waals surface area contributed by atoms with Gasteiger partial charge in [-0.1, -0.05) is 35.9 Å². The number of ether oxygens (including phenoxy) is 1. The van der Waals surface area contributed by atoms with E-state index in [2.05, 4.69) is 10.5 Å². The molecule has 0 spiro atoms. The summed E-state index contributed by atoms with van der Waals surface area (Å²) in [5, 5.41) is 4.00. The number of benzene rings is 3. The van der Waals surface area contributed by atoms with Gasteiger partial charge < -0.3 is 4.74 Å². The molecule has 4 rings (SSSR count). The van der Waals surface area contributed by atoms with Crippen molar-refractivity contribution in [2.75, 3.05) is 22.4 Å². The number of sulfonamides is 1. The number of nitrogens with one attached hydrogen (secondary N) is 1. The summed E-state index contributed by atoms with van der Waals surface area (Å²) in [5.74, 6) is 2.26. The molecule has 0 unspecified atom stereocenters. The van der Waals surface area contributed by atoms with Crippen LogP contribution in [0.15, 0.2) is 82.8 Å². The summed E-state index contributed by atoms with van der Waals surface area (Å²) in [5.41, 5.74) is 5.34. The number of anilines is 1. The van der Waals surface area contributed by atoms with Crippen molar-refractivity contribution in [3.05, 3.63) is 89.5 Å². The van der Waals surface area contributed by atoms with Gasteiger partial charge in [0.15, 0.2) is 0 Å². The van der Waals surface area contributed by atoms with Gasteiger partial charge in [-0.15, -0.1) is 0 Å². The van der Waals surface area contributed by atoms with Gasteiger partial charge in [0, 0.05) is 11.5 Å². The van der Waals surface area contributed by atoms with Gasteiger partial charge in [-0.05, 0) is 67.4 Å². The predicted octanol–water partition coefficient (Wildman–Crippen LogP) is 4.14. The normalized spacial score (nSPS) is 13.9. The summed E-state index contributed by atoms with van der Waals surface area (Å²) in [6, 6.07) is 21.0. The van der Waals surface area contributed by atoms with E-state index < -0.39 is 22.5 Å². The number of nitrogens with zero attached hydrogens (tertiary/aromatic N) is 2. The van der Waals surface area contributed by atoms with E-state index in [1.807, 2.05) is 49.0 Å². The average Bonchev–Trinajstić information content (AvgIpc) is 2.81. The zero-order valence-electron chi connectivity index (χ0n) is 19.5. The highest BCUT2D eigenvalue weighted by Crippen LogP contribution is 2.27. The number of para-hydroxylation sites is 1. The molecule has 0 aliphatic carbocycles. The Balaban J connectivity index is 1.46. The fourth-order valence-corrected chi connectivity index (χ4v) is 5.48. The fraction of sp³-hybridized carbons (Fsp3) is 0.231. The highest BCUT2D eigenvalue weighted by Gasteiger charge is 2.28. The van der Waals surface area contributed by atoms with Gasteiger partial charge in [-0.2, -0.15) is 16.9 Å². The molecular weight excluding hydrogens is 482 g/mol. The number of hydrogen-bond donors (Lipinski definition) is 1. The first-order valence-corrected chi connectivity index (χ1v) is 13.7. The Labute approximate surface area is 210 Å². The maximum atomic E-state index is 13.5. The molecule has 35 heavy (non-hydrogen) atoms. The SMILES string of the molecule is Cc1ccc(S(=O)(=O)N(CC(=O)NN=Cc2ccc(OC3CSC3)cc2)c2ccccc2C)cc1. The summed E-state index contributed by atoms with van der Waals surface area (Å²) in [4.78, 5) is 12.8.